The Morgan fingerprint density at radius 2 is 1.64 bits per heavy atom. The number of nitrogens with one attached hydrogen (secondary N) is 2. The van der Waals surface area contributed by atoms with Crippen molar-refractivity contribution in [1.82, 2.24) is 10.0 Å². The molecule has 1 atom stereocenters. The summed E-state index contributed by atoms with van der Waals surface area (Å²) in [5.41, 5.74) is 9.48. The predicted molar refractivity (Wildman–Crippen MR) is 139 cm³/mol. The minimum atomic E-state index is -3.67. The Balaban J connectivity index is 1.31. The molecule has 0 aromatic heterocycles. The Morgan fingerprint density at radius 1 is 0.972 bits per heavy atom. The Hall–Kier alpha value is -3.07. The summed E-state index contributed by atoms with van der Waals surface area (Å²) in [6.45, 7) is 2.31. The molecule has 1 aliphatic carbocycles. The van der Waals surface area contributed by atoms with E-state index in [1.165, 1.54) is 12.1 Å². The summed E-state index contributed by atoms with van der Waals surface area (Å²) in [5, 5.41) is 2.99. The van der Waals surface area contributed by atoms with E-state index in [9.17, 15) is 17.6 Å². The van der Waals surface area contributed by atoms with Gasteiger partial charge in [0, 0.05) is 18.5 Å². The van der Waals surface area contributed by atoms with Gasteiger partial charge in [0.25, 0.3) is 0 Å². The zero-order valence-corrected chi connectivity index (χ0v) is 21.1. The Bertz CT molecular complexity index is 1290. The van der Waals surface area contributed by atoms with Crippen LogP contribution in [0.15, 0.2) is 77.7 Å². The largest absolute Gasteiger partial charge is 0.349 e. The third-order valence-electron chi connectivity index (χ3n) is 6.81. The van der Waals surface area contributed by atoms with Gasteiger partial charge < -0.3 is 11.1 Å². The van der Waals surface area contributed by atoms with Gasteiger partial charge in [-0.05, 0) is 85.2 Å². The average Bonchev–Trinajstić information content (AvgIpc) is 2.89. The summed E-state index contributed by atoms with van der Waals surface area (Å²) in [4.78, 5) is 12.9. The van der Waals surface area contributed by atoms with Crippen LogP contribution in [0.1, 0.15) is 49.8 Å². The summed E-state index contributed by atoms with van der Waals surface area (Å²) in [5.74, 6) is -0.536. The monoisotopic (exact) mass is 509 g/mol. The van der Waals surface area contributed by atoms with E-state index in [-0.39, 0.29) is 34.6 Å². The van der Waals surface area contributed by atoms with Crippen molar-refractivity contribution in [3.05, 3.63) is 89.7 Å². The van der Waals surface area contributed by atoms with Crippen LogP contribution in [0.3, 0.4) is 0 Å². The highest BCUT2D eigenvalue weighted by Gasteiger charge is 2.29. The van der Waals surface area contributed by atoms with Gasteiger partial charge in [-0.15, -0.1) is 0 Å². The first-order valence-electron chi connectivity index (χ1n) is 12.2. The number of hydrogen-bond acceptors (Lipinski definition) is 4. The number of nitrogens with two attached hydrogens (primary N) is 1. The lowest BCUT2D eigenvalue weighted by Gasteiger charge is -2.29. The highest BCUT2D eigenvalue weighted by molar-refractivity contribution is 7.89. The van der Waals surface area contributed by atoms with E-state index in [0.29, 0.717) is 32.2 Å². The SMILES string of the molecule is C[C@@H](NC(=O)C1CCC(NS(=O)(=O)c2ccc(-c3cccc(CN)c3)cc2)CC1)c1ccc(F)cc1. The molecule has 1 saturated carbocycles. The number of carbonyl (C=O) groups excluding carboxylic acids is 1. The highest BCUT2D eigenvalue weighted by atomic mass is 32.2. The number of carbonyl (C=O) groups is 1. The molecule has 1 amide bonds. The van der Waals surface area contributed by atoms with Gasteiger partial charge in [0.15, 0.2) is 0 Å². The maximum atomic E-state index is 13.1. The zero-order chi connectivity index (χ0) is 25.7. The third kappa shape index (κ3) is 6.37. The van der Waals surface area contributed by atoms with Crippen molar-refractivity contribution in [1.29, 1.82) is 0 Å². The molecule has 6 nitrogen and oxygen atoms in total. The van der Waals surface area contributed by atoms with Crippen LogP contribution in [0.5, 0.6) is 0 Å². The van der Waals surface area contributed by atoms with Crippen LogP contribution in [0.2, 0.25) is 0 Å². The first-order chi connectivity index (χ1) is 17.2. The van der Waals surface area contributed by atoms with Crippen LogP contribution >= 0.6 is 0 Å². The molecule has 4 N–H and O–H groups in total. The second-order valence-corrected chi connectivity index (χ2v) is 11.1. The van der Waals surface area contributed by atoms with Crippen molar-refractivity contribution in [2.75, 3.05) is 0 Å². The van der Waals surface area contributed by atoms with Crippen LogP contribution in [0, 0.1) is 11.7 Å². The predicted octanol–water partition coefficient (Wildman–Crippen LogP) is 4.67. The minimum absolute atomic E-state index is 0.0533. The van der Waals surface area contributed by atoms with Crippen molar-refractivity contribution < 1.29 is 17.6 Å². The van der Waals surface area contributed by atoms with Gasteiger partial charge in [-0.3, -0.25) is 4.79 Å². The number of hydrogen-bond donors (Lipinski definition) is 3. The fourth-order valence-corrected chi connectivity index (χ4v) is 5.94. The second-order valence-electron chi connectivity index (χ2n) is 9.38. The fourth-order valence-electron chi connectivity index (χ4n) is 4.63. The second kappa shape index (κ2) is 11.3. The topological polar surface area (TPSA) is 101 Å². The van der Waals surface area contributed by atoms with Crippen molar-refractivity contribution in [2.45, 2.75) is 56.1 Å². The van der Waals surface area contributed by atoms with E-state index in [1.807, 2.05) is 31.2 Å². The Kier molecular flexibility index (Phi) is 8.18. The van der Waals surface area contributed by atoms with E-state index in [0.717, 1.165) is 22.3 Å². The van der Waals surface area contributed by atoms with Crippen molar-refractivity contribution >= 4 is 15.9 Å². The van der Waals surface area contributed by atoms with E-state index >= 15 is 0 Å². The average molecular weight is 510 g/mol. The third-order valence-corrected chi connectivity index (χ3v) is 8.35. The van der Waals surface area contributed by atoms with Gasteiger partial charge >= 0.3 is 0 Å². The number of benzene rings is 3. The first kappa shape index (κ1) is 26.0. The molecule has 4 rings (SSSR count). The molecule has 1 aliphatic rings. The van der Waals surface area contributed by atoms with Crippen molar-refractivity contribution in [2.24, 2.45) is 11.7 Å². The van der Waals surface area contributed by atoms with Crippen LogP contribution in [0.25, 0.3) is 11.1 Å². The normalized spacial score (nSPS) is 19.0. The van der Waals surface area contributed by atoms with Crippen LogP contribution < -0.4 is 15.8 Å². The summed E-state index contributed by atoms with van der Waals surface area (Å²) in [6, 6.07) is 20.3. The van der Waals surface area contributed by atoms with Crippen molar-refractivity contribution in [3.63, 3.8) is 0 Å². The van der Waals surface area contributed by atoms with Crippen molar-refractivity contribution in [3.8, 4) is 11.1 Å². The number of amides is 1. The maximum Gasteiger partial charge on any atom is 0.240 e. The quantitative estimate of drug-likeness (QED) is 0.411. The lowest BCUT2D eigenvalue weighted by atomic mass is 9.85. The summed E-state index contributed by atoms with van der Waals surface area (Å²) in [7, 11) is -3.67. The molecule has 0 bridgehead atoms. The smallest absolute Gasteiger partial charge is 0.240 e. The zero-order valence-electron chi connectivity index (χ0n) is 20.3. The Morgan fingerprint density at radius 3 is 2.28 bits per heavy atom. The van der Waals surface area contributed by atoms with Gasteiger partial charge in [-0.1, -0.05) is 42.5 Å². The van der Waals surface area contributed by atoms with Gasteiger partial charge in [0.2, 0.25) is 15.9 Å². The molecular weight excluding hydrogens is 477 g/mol. The maximum absolute atomic E-state index is 13.1. The molecule has 3 aromatic rings. The molecule has 0 radical (unpaired) electrons. The van der Waals surface area contributed by atoms with Crippen LogP contribution in [-0.4, -0.2) is 20.4 Å². The standard InChI is InChI=1S/C28H32FN3O3S/c1-19(21-5-11-25(29)12-6-21)31-28(33)23-7-13-26(14-8-23)32-36(34,35)27-15-9-22(10-16-27)24-4-2-3-20(17-24)18-30/h2-6,9-12,15-17,19,23,26,32H,7-8,13-14,18,30H2,1H3,(H,31,33)/t19-,23?,26?/m1/s1. The minimum Gasteiger partial charge on any atom is -0.349 e. The lowest BCUT2D eigenvalue weighted by molar-refractivity contribution is -0.126. The molecule has 0 heterocycles. The van der Waals surface area contributed by atoms with Gasteiger partial charge in [0.1, 0.15) is 5.82 Å². The highest BCUT2D eigenvalue weighted by Crippen LogP contribution is 2.27. The molecule has 0 aliphatic heterocycles. The van der Waals surface area contributed by atoms with Gasteiger partial charge in [-0.25, -0.2) is 17.5 Å². The van der Waals surface area contributed by atoms with E-state index in [1.54, 1.807) is 36.4 Å². The lowest BCUT2D eigenvalue weighted by Crippen LogP contribution is -2.41. The Labute approximate surface area is 212 Å². The van der Waals surface area contributed by atoms with Crippen LogP contribution in [0.4, 0.5) is 4.39 Å². The van der Waals surface area contributed by atoms with Gasteiger partial charge in [-0.2, -0.15) is 0 Å². The molecule has 1 fully saturated rings. The number of halogens is 1. The molecule has 0 saturated heterocycles. The van der Waals surface area contributed by atoms with Crippen LogP contribution in [-0.2, 0) is 21.4 Å². The van der Waals surface area contributed by atoms with Gasteiger partial charge in [0.05, 0.1) is 10.9 Å². The molecule has 0 spiro atoms. The summed E-state index contributed by atoms with van der Waals surface area (Å²) < 4.78 is 41.9. The number of rotatable bonds is 8. The summed E-state index contributed by atoms with van der Waals surface area (Å²) in [6.07, 6.45) is 2.38. The first-order valence-corrected chi connectivity index (χ1v) is 13.7. The molecule has 3 aromatic carbocycles. The van der Waals surface area contributed by atoms with E-state index < -0.39 is 10.0 Å². The number of sulfonamides is 1. The van der Waals surface area contributed by atoms with E-state index in [2.05, 4.69) is 10.0 Å². The fraction of sp³-hybridized carbons (Fsp3) is 0.321. The molecular formula is C28H32FN3O3S. The molecule has 8 heteroatoms. The molecule has 36 heavy (non-hydrogen) atoms. The molecule has 0 unspecified atom stereocenters. The van der Waals surface area contributed by atoms with E-state index in [4.69, 9.17) is 5.73 Å². The molecule has 190 valence electrons. The summed E-state index contributed by atoms with van der Waals surface area (Å²) >= 11 is 0.